The number of hydrogen-bond donors (Lipinski definition) is 1. The lowest BCUT2D eigenvalue weighted by atomic mass is 10.1. The molecule has 1 amide bonds. The molecule has 6 nitrogen and oxygen atoms in total. The highest BCUT2D eigenvalue weighted by atomic mass is 32.2. The molecule has 3 aromatic carbocycles. The fraction of sp³-hybridized carbons (Fsp3) is 0.160. The summed E-state index contributed by atoms with van der Waals surface area (Å²) < 4.78 is 11.1. The van der Waals surface area contributed by atoms with Gasteiger partial charge < -0.3 is 14.8 Å². The first kappa shape index (κ1) is 20.3. The summed E-state index contributed by atoms with van der Waals surface area (Å²) in [5, 5.41) is 14.3. The molecule has 0 unspecified atom stereocenters. The van der Waals surface area contributed by atoms with Crippen LogP contribution in [0.5, 0.6) is 11.5 Å². The van der Waals surface area contributed by atoms with Crippen LogP contribution in [0.2, 0.25) is 0 Å². The summed E-state index contributed by atoms with van der Waals surface area (Å²) >= 11 is 1.39. The summed E-state index contributed by atoms with van der Waals surface area (Å²) in [5.41, 5.74) is 2.51. The molecular weight excluding hydrogens is 422 g/mol. The molecule has 4 aromatic rings. The van der Waals surface area contributed by atoms with Crippen LogP contribution in [-0.2, 0) is 4.79 Å². The monoisotopic (exact) mass is 443 g/mol. The molecule has 0 saturated heterocycles. The Bertz CT molecular complexity index is 1280. The molecule has 2 heterocycles. The zero-order valence-electron chi connectivity index (χ0n) is 17.4. The van der Waals surface area contributed by atoms with Crippen LogP contribution >= 0.6 is 11.8 Å². The lowest BCUT2D eigenvalue weighted by Gasteiger charge is -2.19. The third-order valence-electron chi connectivity index (χ3n) is 5.17. The van der Waals surface area contributed by atoms with Crippen molar-refractivity contribution in [1.29, 1.82) is 0 Å². The van der Waals surface area contributed by atoms with Gasteiger partial charge in [-0.1, -0.05) is 66.4 Å². The van der Waals surface area contributed by atoms with Crippen LogP contribution in [0.3, 0.4) is 0 Å². The van der Waals surface area contributed by atoms with Gasteiger partial charge in [0, 0.05) is 28.1 Å². The zero-order valence-corrected chi connectivity index (χ0v) is 18.3. The van der Waals surface area contributed by atoms with Crippen LogP contribution in [0.4, 0.5) is 5.69 Å². The van der Waals surface area contributed by atoms with Crippen molar-refractivity contribution in [2.75, 3.05) is 18.5 Å². The molecule has 5 rings (SSSR count). The number of nitrogens with zero attached hydrogens (tertiary/aromatic N) is 2. The van der Waals surface area contributed by atoms with E-state index in [1.807, 2.05) is 73.7 Å². The van der Waals surface area contributed by atoms with Gasteiger partial charge in [-0.05, 0) is 19.1 Å². The van der Waals surface area contributed by atoms with Crippen molar-refractivity contribution in [2.24, 2.45) is 0 Å². The molecule has 7 heteroatoms. The third kappa shape index (κ3) is 4.11. The lowest BCUT2D eigenvalue weighted by molar-refractivity contribution is -0.115. The second-order valence-electron chi connectivity index (χ2n) is 7.37. The average Bonchev–Trinajstić information content (AvgIpc) is 2.84. The predicted molar refractivity (Wildman–Crippen MR) is 126 cm³/mol. The number of aromatic nitrogens is 2. The number of ether oxygens (including phenoxy) is 2. The number of carbonyl (C=O) groups is 1. The van der Waals surface area contributed by atoms with E-state index in [0.29, 0.717) is 30.4 Å². The van der Waals surface area contributed by atoms with Gasteiger partial charge in [0.1, 0.15) is 23.9 Å². The molecule has 1 aliphatic rings. The lowest BCUT2D eigenvalue weighted by Crippen LogP contribution is -2.23. The van der Waals surface area contributed by atoms with Gasteiger partial charge in [0.15, 0.2) is 11.5 Å². The van der Waals surface area contributed by atoms with Crippen molar-refractivity contribution < 1.29 is 14.3 Å². The minimum absolute atomic E-state index is 0.121. The number of amides is 1. The zero-order chi connectivity index (χ0) is 21.9. The van der Waals surface area contributed by atoms with Gasteiger partial charge in [-0.3, -0.25) is 4.79 Å². The fourth-order valence-corrected chi connectivity index (χ4v) is 4.46. The summed E-state index contributed by atoms with van der Waals surface area (Å²) in [6.07, 6.45) is 0. The van der Waals surface area contributed by atoms with Crippen LogP contribution in [0.25, 0.3) is 22.0 Å². The second kappa shape index (κ2) is 8.88. The Morgan fingerprint density at radius 2 is 1.62 bits per heavy atom. The Labute approximate surface area is 190 Å². The Morgan fingerprint density at radius 3 is 2.44 bits per heavy atom. The maximum atomic E-state index is 12.9. The Hall–Kier alpha value is -3.58. The van der Waals surface area contributed by atoms with E-state index in [9.17, 15) is 4.79 Å². The molecule has 0 spiro atoms. The maximum absolute atomic E-state index is 12.9. The van der Waals surface area contributed by atoms with Gasteiger partial charge in [0.05, 0.1) is 5.25 Å². The average molecular weight is 444 g/mol. The molecule has 0 bridgehead atoms. The minimum atomic E-state index is -0.372. The molecule has 0 aliphatic carbocycles. The first-order chi connectivity index (χ1) is 15.7. The smallest absolute Gasteiger partial charge is 0.237 e. The maximum Gasteiger partial charge on any atom is 0.237 e. The molecular formula is C25H21N3O3S. The molecule has 1 aromatic heterocycles. The normalized spacial score (nSPS) is 13.5. The number of fused-ring (bicyclic) bond motifs is 2. The minimum Gasteiger partial charge on any atom is -0.486 e. The van der Waals surface area contributed by atoms with E-state index in [-0.39, 0.29) is 11.2 Å². The van der Waals surface area contributed by atoms with E-state index < -0.39 is 0 Å². The second-order valence-corrected chi connectivity index (χ2v) is 8.70. The van der Waals surface area contributed by atoms with Crippen molar-refractivity contribution in [1.82, 2.24) is 10.2 Å². The number of thioether (sulfide) groups is 1. The highest BCUT2D eigenvalue weighted by Crippen LogP contribution is 2.35. The number of carbonyl (C=O) groups excluding carboxylic acids is 1. The number of hydrogen-bond acceptors (Lipinski definition) is 6. The summed E-state index contributed by atoms with van der Waals surface area (Å²) in [6.45, 7) is 2.89. The fourth-order valence-electron chi connectivity index (χ4n) is 3.56. The van der Waals surface area contributed by atoms with E-state index in [2.05, 4.69) is 15.5 Å². The Morgan fingerprint density at radius 1 is 0.906 bits per heavy atom. The molecule has 1 atom stereocenters. The van der Waals surface area contributed by atoms with Gasteiger partial charge in [-0.25, -0.2) is 0 Å². The van der Waals surface area contributed by atoms with Crippen LogP contribution in [0.15, 0.2) is 77.8 Å². The first-order valence-electron chi connectivity index (χ1n) is 10.4. The quantitative estimate of drug-likeness (QED) is 0.428. The summed E-state index contributed by atoms with van der Waals surface area (Å²) in [5.74, 6) is 1.21. The van der Waals surface area contributed by atoms with Crippen LogP contribution in [0, 0.1) is 0 Å². The van der Waals surface area contributed by atoms with E-state index in [1.165, 1.54) is 11.8 Å². The number of anilines is 1. The van der Waals surface area contributed by atoms with Crippen molar-refractivity contribution >= 4 is 34.1 Å². The number of rotatable bonds is 5. The van der Waals surface area contributed by atoms with Gasteiger partial charge >= 0.3 is 0 Å². The van der Waals surface area contributed by atoms with Crippen molar-refractivity contribution in [3.05, 3.63) is 72.8 Å². The Kier molecular flexibility index (Phi) is 5.64. The van der Waals surface area contributed by atoms with Crippen molar-refractivity contribution in [3.63, 3.8) is 0 Å². The van der Waals surface area contributed by atoms with Gasteiger partial charge in [-0.15, -0.1) is 10.2 Å². The van der Waals surface area contributed by atoms with Crippen molar-refractivity contribution in [3.8, 4) is 22.8 Å². The summed E-state index contributed by atoms with van der Waals surface area (Å²) in [6, 6.07) is 23.4. The molecule has 1 N–H and O–H groups in total. The number of benzene rings is 3. The third-order valence-corrected chi connectivity index (χ3v) is 6.26. The van der Waals surface area contributed by atoms with Crippen LogP contribution in [0.1, 0.15) is 6.92 Å². The van der Waals surface area contributed by atoms with E-state index in [0.717, 1.165) is 27.1 Å². The highest BCUT2D eigenvalue weighted by molar-refractivity contribution is 8.00. The molecule has 32 heavy (non-hydrogen) atoms. The standard InChI is InChI=1S/C25H21N3O3S/c1-16(24(29)26-18-11-12-21-22(15-18)31-14-13-30-21)32-25-20-10-6-5-9-19(20)23(27-28-25)17-7-3-2-4-8-17/h2-12,15-16H,13-14H2,1H3,(H,26,29)/t16-/m0/s1. The van der Waals surface area contributed by atoms with Gasteiger partial charge in [0.25, 0.3) is 0 Å². The van der Waals surface area contributed by atoms with Crippen LogP contribution in [-0.4, -0.2) is 34.6 Å². The topological polar surface area (TPSA) is 73.3 Å². The highest BCUT2D eigenvalue weighted by Gasteiger charge is 2.20. The van der Waals surface area contributed by atoms with E-state index in [1.54, 1.807) is 6.07 Å². The van der Waals surface area contributed by atoms with E-state index >= 15 is 0 Å². The van der Waals surface area contributed by atoms with Gasteiger partial charge in [0.2, 0.25) is 5.91 Å². The summed E-state index contributed by atoms with van der Waals surface area (Å²) in [7, 11) is 0. The van der Waals surface area contributed by atoms with Gasteiger partial charge in [-0.2, -0.15) is 0 Å². The predicted octanol–water partition coefficient (Wildman–Crippen LogP) is 5.19. The molecule has 0 fully saturated rings. The van der Waals surface area contributed by atoms with E-state index in [4.69, 9.17) is 9.47 Å². The van der Waals surface area contributed by atoms with Crippen molar-refractivity contribution in [2.45, 2.75) is 17.2 Å². The summed E-state index contributed by atoms with van der Waals surface area (Å²) in [4.78, 5) is 12.9. The Balaban J connectivity index is 1.37. The molecule has 1 aliphatic heterocycles. The van der Waals surface area contributed by atoms with Crippen LogP contribution < -0.4 is 14.8 Å². The molecule has 0 saturated carbocycles. The first-order valence-corrected chi connectivity index (χ1v) is 11.2. The molecule has 160 valence electrons. The largest absolute Gasteiger partial charge is 0.486 e. The molecule has 0 radical (unpaired) electrons. The number of nitrogens with one attached hydrogen (secondary N) is 1. The SMILES string of the molecule is C[C@H](Sc1nnc(-c2ccccc2)c2ccccc12)C(=O)Nc1ccc2c(c1)OCCO2.